The molecule has 0 radical (unpaired) electrons. The number of hydrogen-bond donors (Lipinski definition) is 2. The fourth-order valence-electron chi connectivity index (χ4n) is 4.81. The zero-order valence-corrected chi connectivity index (χ0v) is 19.3. The number of sulfone groups is 1. The van der Waals surface area contributed by atoms with Crippen LogP contribution in [0.1, 0.15) is 36.8 Å². The van der Waals surface area contributed by atoms with Crippen LogP contribution in [0.2, 0.25) is 0 Å². The topological polar surface area (TPSA) is 122 Å². The van der Waals surface area contributed by atoms with Crippen LogP contribution in [0.25, 0.3) is 0 Å². The maximum atomic E-state index is 13.9. The lowest BCUT2D eigenvalue weighted by molar-refractivity contribution is -0.127. The lowest BCUT2D eigenvalue weighted by Gasteiger charge is -2.21. The molecule has 11 heteroatoms. The Morgan fingerprint density at radius 1 is 1.26 bits per heavy atom. The van der Waals surface area contributed by atoms with Crippen LogP contribution in [0, 0.1) is 11.7 Å². The molecule has 1 aromatic carbocycles. The highest BCUT2D eigenvalue weighted by Gasteiger charge is 2.65. The number of halogens is 1. The van der Waals surface area contributed by atoms with Crippen molar-refractivity contribution >= 4 is 27.0 Å². The zero-order valence-electron chi connectivity index (χ0n) is 18.5. The first-order chi connectivity index (χ1) is 16.2. The van der Waals surface area contributed by atoms with Crippen molar-refractivity contribution in [2.45, 2.75) is 61.7 Å². The molecule has 1 aromatic rings. The summed E-state index contributed by atoms with van der Waals surface area (Å²) in [7, 11) is -3.96. The Hall–Kier alpha value is -2.79. The van der Waals surface area contributed by atoms with Crippen molar-refractivity contribution in [1.82, 2.24) is 15.5 Å². The Bertz CT molecular complexity index is 1180. The summed E-state index contributed by atoms with van der Waals surface area (Å²) in [5.74, 6) is -1.32. The van der Waals surface area contributed by atoms with Crippen LogP contribution < -0.4 is 10.6 Å². The molecule has 9 nitrogen and oxygen atoms in total. The number of hydrogen-bond acceptors (Lipinski definition) is 7. The van der Waals surface area contributed by atoms with E-state index in [1.807, 2.05) is 0 Å². The predicted molar refractivity (Wildman–Crippen MR) is 118 cm³/mol. The number of nitrogens with zero attached hydrogens (tertiary/aromatic N) is 1. The van der Waals surface area contributed by atoms with Crippen LogP contribution in [0.3, 0.4) is 0 Å². The van der Waals surface area contributed by atoms with Gasteiger partial charge in [0.2, 0.25) is 15.7 Å². The molecule has 34 heavy (non-hydrogen) atoms. The van der Waals surface area contributed by atoms with E-state index in [2.05, 4.69) is 17.2 Å². The molecule has 0 aromatic heterocycles. The summed E-state index contributed by atoms with van der Waals surface area (Å²) in [6.45, 7) is 4.25. The molecular formula is C23H26FN3O6S. The molecule has 0 bridgehead atoms. The largest absolute Gasteiger partial charge is 0.445 e. The number of carbonyl (C=O) groups is 3. The quantitative estimate of drug-likeness (QED) is 0.573. The van der Waals surface area contributed by atoms with E-state index in [-0.39, 0.29) is 38.3 Å². The molecule has 2 aliphatic carbocycles. The number of ether oxygens (including phenoxy) is 1. The van der Waals surface area contributed by atoms with Crippen molar-refractivity contribution in [2.24, 2.45) is 5.92 Å². The Morgan fingerprint density at radius 3 is 2.68 bits per heavy atom. The first-order valence-corrected chi connectivity index (χ1v) is 12.9. The zero-order chi connectivity index (χ0) is 24.3. The van der Waals surface area contributed by atoms with E-state index in [0.29, 0.717) is 18.4 Å². The highest BCUT2D eigenvalue weighted by atomic mass is 32.2. The second-order valence-corrected chi connectivity index (χ2v) is 11.6. The van der Waals surface area contributed by atoms with Crippen molar-refractivity contribution in [3.63, 3.8) is 0 Å². The molecule has 4 atom stereocenters. The van der Waals surface area contributed by atoms with E-state index < -0.39 is 55.8 Å². The summed E-state index contributed by atoms with van der Waals surface area (Å²) in [5, 5.41) is 4.03. The summed E-state index contributed by atoms with van der Waals surface area (Å²) in [5.41, 5.74) is -0.267. The number of nitrogens with one attached hydrogen (secondary N) is 2. The van der Waals surface area contributed by atoms with Crippen LogP contribution >= 0.6 is 0 Å². The highest BCUT2D eigenvalue weighted by molar-refractivity contribution is 8.07. The van der Waals surface area contributed by atoms with Gasteiger partial charge in [0.1, 0.15) is 17.5 Å². The standard InChI is InChI=1S/C23H26FN3O6S/c1-2-14-9-23(14,21(29)34(31,32)16-6-7-16)26-20(28)19-8-15(10-25-19)33-22(30)27-11-13-4-3-5-18(24)17(13)12-27/h2-5,14-16,19,25H,1,6-12H2,(H,26,28)/t14?,15-,19+,23?/m1/s1. The van der Waals surface area contributed by atoms with Crippen molar-refractivity contribution in [2.75, 3.05) is 6.54 Å². The minimum atomic E-state index is -3.96. The van der Waals surface area contributed by atoms with Gasteiger partial charge in [-0.2, -0.15) is 0 Å². The summed E-state index contributed by atoms with van der Waals surface area (Å²) in [6.07, 6.45) is 1.60. The van der Waals surface area contributed by atoms with Crippen LogP contribution in [0.15, 0.2) is 30.9 Å². The molecule has 2 amide bonds. The first kappa shape index (κ1) is 23.0. The van der Waals surface area contributed by atoms with Gasteiger partial charge in [-0.1, -0.05) is 18.2 Å². The second-order valence-electron chi connectivity index (χ2n) is 9.47. The van der Waals surface area contributed by atoms with Crippen LogP contribution in [0.5, 0.6) is 0 Å². The normalized spacial score (nSPS) is 29.9. The average Bonchev–Trinajstić information content (AvgIpc) is 3.68. The third kappa shape index (κ3) is 3.90. The van der Waals surface area contributed by atoms with E-state index in [9.17, 15) is 27.2 Å². The molecule has 3 fully saturated rings. The van der Waals surface area contributed by atoms with Gasteiger partial charge in [-0.15, -0.1) is 6.58 Å². The van der Waals surface area contributed by atoms with E-state index in [1.165, 1.54) is 17.0 Å². The third-order valence-corrected chi connectivity index (χ3v) is 9.32. The Kier molecular flexibility index (Phi) is 5.51. The predicted octanol–water partition coefficient (Wildman–Crippen LogP) is 1.17. The molecule has 182 valence electrons. The molecule has 5 rings (SSSR count). The fourth-order valence-corrected chi connectivity index (χ4v) is 6.67. The molecule has 2 N–H and O–H groups in total. The molecule has 2 heterocycles. The van der Waals surface area contributed by atoms with Gasteiger partial charge in [0.15, 0.2) is 0 Å². The van der Waals surface area contributed by atoms with E-state index in [1.54, 1.807) is 12.1 Å². The molecule has 2 unspecified atom stereocenters. The van der Waals surface area contributed by atoms with Gasteiger partial charge >= 0.3 is 6.09 Å². The van der Waals surface area contributed by atoms with Crippen LogP contribution in [0.4, 0.5) is 9.18 Å². The molecule has 0 spiro atoms. The summed E-state index contributed by atoms with van der Waals surface area (Å²) in [4.78, 5) is 39.7. The second kappa shape index (κ2) is 8.16. The van der Waals surface area contributed by atoms with Gasteiger partial charge in [0.05, 0.1) is 17.8 Å². The Balaban J connectivity index is 1.18. The lowest BCUT2D eigenvalue weighted by atomic mass is 10.1. The Labute approximate surface area is 196 Å². The van der Waals surface area contributed by atoms with Crippen LogP contribution in [-0.4, -0.2) is 59.9 Å². The SMILES string of the molecule is C=CC1CC1(NC(=O)[C@@H]1C[C@@H](OC(=O)N2Cc3cccc(F)c3C2)CN1)C(=O)S(=O)(=O)C1CC1. The van der Waals surface area contributed by atoms with Crippen LogP contribution in [-0.2, 0) is 37.3 Å². The molecule has 1 saturated heterocycles. The minimum absolute atomic E-state index is 0.119. The molecule has 2 saturated carbocycles. The number of carbonyl (C=O) groups excluding carboxylic acids is 3. The third-order valence-electron chi connectivity index (χ3n) is 7.09. The van der Waals surface area contributed by atoms with E-state index >= 15 is 0 Å². The average molecular weight is 492 g/mol. The lowest BCUT2D eigenvalue weighted by Crippen LogP contribution is -2.53. The van der Waals surface area contributed by atoms with Crippen molar-refractivity contribution < 1.29 is 31.9 Å². The van der Waals surface area contributed by atoms with Crippen molar-refractivity contribution in [3.05, 3.63) is 47.8 Å². The molecular weight excluding hydrogens is 465 g/mol. The number of benzene rings is 1. The highest BCUT2D eigenvalue weighted by Crippen LogP contribution is 2.48. The van der Waals surface area contributed by atoms with Crippen molar-refractivity contribution in [1.29, 1.82) is 0 Å². The summed E-state index contributed by atoms with van der Waals surface area (Å²) >= 11 is 0. The fraction of sp³-hybridized carbons (Fsp3) is 0.522. The first-order valence-electron chi connectivity index (χ1n) is 11.3. The van der Waals surface area contributed by atoms with Gasteiger partial charge in [0, 0.05) is 31.0 Å². The van der Waals surface area contributed by atoms with E-state index in [4.69, 9.17) is 4.74 Å². The number of amides is 2. The summed E-state index contributed by atoms with van der Waals surface area (Å²) in [6, 6.07) is 3.96. The summed E-state index contributed by atoms with van der Waals surface area (Å²) < 4.78 is 44.5. The maximum absolute atomic E-state index is 13.9. The van der Waals surface area contributed by atoms with Gasteiger partial charge < -0.3 is 15.4 Å². The smallest absolute Gasteiger partial charge is 0.410 e. The van der Waals surface area contributed by atoms with Crippen molar-refractivity contribution in [3.8, 4) is 0 Å². The number of rotatable bonds is 6. The monoisotopic (exact) mass is 491 g/mol. The minimum Gasteiger partial charge on any atom is -0.445 e. The Morgan fingerprint density at radius 2 is 2.03 bits per heavy atom. The number of fused-ring (bicyclic) bond motifs is 1. The van der Waals surface area contributed by atoms with Gasteiger partial charge in [-0.25, -0.2) is 17.6 Å². The van der Waals surface area contributed by atoms with Gasteiger partial charge in [0.25, 0.3) is 5.12 Å². The van der Waals surface area contributed by atoms with E-state index in [0.717, 1.165) is 5.56 Å². The van der Waals surface area contributed by atoms with Gasteiger partial charge in [-0.05, 0) is 30.9 Å². The van der Waals surface area contributed by atoms with Gasteiger partial charge in [-0.3, -0.25) is 14.5 Å². The molecule has 2 aliphatic heterocycles. The maximum Gasteiger partial charge on any atom is 0.410 e. The molecule has 4 aliphatic rings.